The van der Waals surface area contributed by atoms with Gasteiger partial charge in [-0.1, -0.05) is 12.2 Å². The Kier molecular flexibility index (Phi) is 1.58. The number of allylic oxidation sites excluding steroid dienone is 2. The van der Waals surface area contributed by atoms with Crippen molar-refractivity contribution in [2.75, 3.05) is 0 Å². The molecule has 1 nitrogen and oxygen atoms in total. The molecule has 3 aliphatic rings. The number of carbonyl (C=O) groups excluding carboxylic acids is 1. The smallest absolute Gasteiger partial charge is 0.140 e. The number of rotatable bonds is 1. The van der Waals surface area contributed by atoms with Gasteiger partial charge < -0.3 is 0 Å². The maximum atomic E-state index is 11.4. The molecule has 0 aliphatic heterocycles. The summed E-state index contributed by atoms with van der Waals surface area (Å²) in [6, 6.07) is 0. The Labute approximate surface area is 72.8 Å². The number of hydrogen-bond acceptors (Lipinski definition) is 1. The van der Waals surface area contributed by atoms with Gasteiger partial charge in [-0.2, -0.15) is 0 Å². The number of Topliss-reactive ketones (excluding diaryl/α,β-unsaturated/α-hetero) is 1. The largest absolute Gasteiger partial charge is 0.299 e. The summed E-state index contributed by atoms with van der Waals surface area (Å²) in [6.07, 6.45) is 13.0. The molecule has 2 bridgehead atoms. The predicted molar refractivity (Wildman–Crippen MR) is 47.4 cm³/mol. The van der Waals surface area contributed by atoms with Crippen LogP contribution in [0, 0.1) is 23.7 Å². The van der Waals surface area contributed by atoms with Crippen molar-refractivity contribution in [3.05, 3.63) is 12.2 Å². The Morgan fingerprint density at radius 3 is 3.08 bits per heavy atom. The minimum atomic E-state index is 0.0422. The Bertz CT molecular complexity index is 282. The molecular formula is C11H12O. The van der Waals surface area contributed by atoms with Gasteiger partial charge in [-0.25, -0.2) is 0 Å². The second-order valence-corrected chi connectivity index (χ2v) is 3.89. The highest BCUT2D eigenvalue weighted by atomic mass is 16.1. The van der Waals surface area contributed by atoms with Crippen LogP contribution in [-0.4, -0.2) is 5.78 Å². The minimum Gasteiger partial charge on any atom is -0.299 e. The molecule has 0 heterocycles. The van der Waals surface area contributed by atoms with E-state index in [4.69, 9.17) is 6.42 Å². The van der Waals surface area contributed by atoms with Crippen LogP contribution in [0.25, 0.3) is 0 Å². The van der Waals surface area contributed by atoms with E-state index < -0.39 is 0 Å². The zero-order chi connectivity index (χ0) is 8.60. The van der Waals surface area contributed by atoms with Gasteiger partial charge in [0.25, 0.3) is 0 Å². The summed E-state index contributed by atoms with van der Waals surface area (Å²) < 4.78 is 0. The summed E-state index contributed by atoms with van der Waals surface area (Å²) in [4.78, 5) is 11.4. The van der Waals surface area contributed by atoms with Crippen LogP contribution in [0.1, 0.15) is 25.7 Å². The first-order valence-corrected chi connectivity index (χ1v) is 4.41. The van der Waals surface area contributed by atoms with Crippen molar-refractivity contribution in [1.82, 2.24) is 0 Å². The molecule has 12 heavy (non-hydrogen) atoms. The van der Waals surface area contributed by atoms with Crippen LogP contribution in [0.4, 0.5) is 0 Å². The van der Waals surface area contributed by atoms with Crippen LogP contribution in [0.15, 0.2) is 12.2 Å². The highest BCUT2D eigenvalue weighted by Crippen LogP contribution is 2.45. The predicted octanol–water partition coefficient (Wildman–Crippen LogP) is 1.94. The minimum absolute atomic E-state index is 0.0422. The Morgan fingerprint density at radius 2 is 2.58 bits per heavy atom. The topological polar surface area (TPSA) is 17.1 Å². The van der Waals surface area contributed by atoms with E-state index in [2.05, 4.69) is 12.0 Å². The fourth-order valence-corrected chi connectivity index (χ4v) is 2.25. The van der Waals surface area contributed by atoms with Gasteiger partial charge in [0.2, 0.25) is 0 Å². The number of carbonyl (C=O) groups is 1. The average molecular weight is 160 g/mol. The normalized spacial score (nSPS) is 38.2. The van der Waals surface area contributed by atoms with Crippen molar-refractivity contribution in [1.29, 1.82) is 0 Å². The Morgan fingerprint density at radius 1 is 1.75 bits per heavy atom. The molecule has 0 aromatic heterocycles. The van der Waals surface area contributed by atoms with E-state index in [1.54, 1.807) is 0 Å². The van der Waals surface area contributed by atoms with E-state index >= 15 is 0 Å². The summed E-state index contributed by atoms with van der Waals surface area (Å²) in [6.45, 7) is 0. The highest BCUT2D eigenvalue weighted by Gasteiger charge is 2.40. The fourth-order valence-electron chi connectivity index (χ4n) is 2.25. The van der Waals surface area contributed by atoms with E-state index in [1.807, 2.05) is 6.08 Å². The third-order valence-electron chi connectivity index (χ3n) is 3.03. The van der Waals surface area contributed by atoms with E-state index in [1.165, 1.54) is 0 Å². The zero-order valence-electron chi connectivity index (χ0n) is 7.05. The Hall–Kier alpha value is -1.03. The molecule has 0 aromatic carbocycles. The van der Waals surface area contributed by atoms with Gasteiger partial charge in [-0.15, -0.1) is 12.3 Å². The second-order valence-electron chi connectivity index (χ2n) is 3.89. The summed E-state index contributed by atoms with van der Waals surface area (Å²) >= 11 is 0. The molecule has 0 N–H and O–H groups in total. The van der Waals surface area contributed by atoms with Crippen molar-refractivity contribution < 1.29 is 4.79 Å². The first kappa shape index (κ1) is 7.61. The lowest BCUT2D eigenvalue weighted by atomic mass is 9.63. The molecule has 1 heteroatoms. The highest BCUT2D eigenvalue weighted by molar-refractivity contribution is 5.85. The molecule has 62 valence electrons. The molecule has 0 radical (unpaired) electrons. The molecule has 3 aliphatic carbocycles. The van der Waals surface area contributed by atoms with Crippen LogP contribution >= 0.6 is 0 Å². The van der Waals surface area contributed by atoms with Gasteiger partial charge in [-0.3, -0.25) is 4.79 Å². The first-order valence-electron chi connectivity index (χ1n) is 4.41. The fraction of sp³-hybridized carbons (Fsp3) is 0.545. The van der Waals surface area contributed by atoms with Gasteiger partial charge in [0.1, 0.15) is 5.78 Å². The van der Waals surface area contributed by atoms with Crippen molar-refractivity contribution >= 4 is 5.78 Å². The van der Waals surface area contributed by atoms with E-state index in [9.17, 15) is 4.79 Å². The van der Waals surface area contributed by atoms with Gasteiger partial charge in [0, 0.05) is 24.2 Å². The lowest BCUT2D eigenvalue weighted by Crippen LogP contribution is -2.36. The third kappa shape index (κ3) is 0.992. The van der Waals surface area contributed by atoms with Crippen LogP contribution in [0.3, 0.4) is 0 Å². The van der Waals surface area contributed by atoms with Gasteiger partial charge in [0.05, 0.1) is 0 Å². The quantitative estimate of drug-likeness (QED) is 0.423. The Balaban J connectivity index is 2.28. The van der Waals surface area contributed by atoms with Crippen molar-refractivity contribution in [3.8, 4) is 12.3 Å². The van der Waals surface area contributed by atoms with Crippen LogP contribution in [0.2, 0.25) is 0 Å². The maximum Gasteiger partial charge on any atom is 0.140 e. The standard InChI is InChI=1S/C11H12O/c1-2-5-11-6-3-9(4-7-11)10(12)8-11/h1,3,6,9H,4-5,7-8H2. The van der Waals surface area contributed by atoms with Crippen LogP contribution < -0.4 is 0 Å². The SMILES string of the molecule is C#CCC12C=CC(CC1)C(=O)C2. The molecule has 2 atom stereocenters. The molecule has 1 saturated carbocycles. The van der Waals surface area contributed by atoms with Crippen molar-refractivity contribution in [2.45, 2.75) is 25.7 Å². The van der Waals surface area contributed by atoms with E-state index in [0.717, 1.165) is 19.3 Å². The van der Waals surface area contributed by atoms with E-state index in [-0.39, 0.29) is 11.3 Å². The molecule has 0 amide bonds. The molecule has 0 aromatic rings. The van der Waals surface area contributed by atoms with Crippen molar-refractivity contribution in [2.24, 2.45) is 11.3 Å². The summed E-state index contributed by atoms with van der Waals surface area (Å²) in [5.41, 5.74) is 0.0422. The molecule has 0 spiro atoms. The molecule has 2 unspecified atom stereocenters. The van der Waals surface area contributed by atoms with Crippen LogP contribution in [0.5, 0.6) is 0 Å². The lowest BCUT2D eigenvalue weighted by molar-refractivity contribution is -0.126. The number of ketones is 1. The number of hydrogen-bond donors (Lipinski definition) is 0. The van der Waals surface area contributed by atoms with E-state index in [0.29, 0.717) is 12.2 Å². The third-order valence-corrected chi connectivity index (χ3v) is 3.03. The molecule has 3 rings (SSSR count). The zero-order valence-corrected chi connectivity index (χ0v) is 7.05. The van der Waals surface area contributed by atoms with Gasteiger partial charge >= 0.3 is 0 Å². The second kappa shape index (κ2) is 2.48. The molecule has 0 saturated heterocycles. The molecule has 1 fully saturated rings. The lowest BCUT2D eigenvalue weighted by Gasteiger charge is -2.39. The summed E-state index contributed by atoms with van der Waals surface area (Å²) in [7, 11) is 0. The maximum absolute atomic E-state index is 11.4. The first-order chi connectivity index (χ1) is 5.76. The number of terminal acetylenes is 1. The van der Waals surface area contributed by atoms with Gasteiger partial charge in [0.15, 0.2) is 0 Å². The van der Waals surface area contributed by atoms with Gasteiger partial charge in [-0.05, 0) is 12.8 Å². The summed E-state index contributed by atoms with van der Waals surface area (Å²) in [5, 5.41) is 0. The van der Waals surface area contributed by atoms with Crippen molar-refractivity contribution in [3.63, 3.8) is 0 Å². The van der Waals surface area contributed by atoms with Crippen LogP contribution in [-0.2, 0) is 4.79 Å². The molecular weight excluding hydrogens is 148 g/mol. The monoisotopic (exact) mass is 160 g/mol. The average Bonchev–Trinajstić information content (AvgIpc) is 2.05. The summed E-state index contributed by atoms with van der Waals surface area (Å²) in [5.74, 6) is 3.27. The number of fused-ring (bicyclic) bond motifs is 2.